The lowest BCUT2D eigenvalue weighted by Crippen LogP contribution is -2.31. The van der Waals surface area contributed by atoms with E-state index in [0.717, 1.165) is 5.69 Å². The number of carbonyl (C=O) groups is 1. The lowest BCUT2D eigenvalue weighted by Gasteiger charge is -2.24. The molecule has 0 saturated heterocycles. The molecule has 1 amide bonds. The number of hydrogen-bond acceptors (Lipinski definition) is 6. The van der Waals surface area contributed by atoms with Crippen molar-refractivity contribution < 1.29 is 4.79 Å². The van der Waals surface area contributed by atoms with Gasteiger partial charge in [-0.1, -0.05) is 41.9 Å². The minimum atomic E-state index is -0.393. The summed E-state index contributed by atoms with van der Waals surface area (Å²) < 4.78 is 0. The van der Waals surface area contributed by atoms with Crippen LogP contribution in [0.4, 0.5) is 23.0 Å². The van der Waals surface area contributed by atoms with Crippen molar-refractivity contribution in [2.75, 3.05) is 22.6 Å². The SMILES string of the molecule is CCN(c1ccccc1)c1ncnc(NNC(=O)c2ccccc2Cl)c1N. The van der Waals surface area contributed by atoms with Gasteiger partial charge in [-0.3, -0.25) is 15.6 Å². The molecule has 3 aromatic rings. The van der Waals surface area contributed by atoms with Crippen LogP contribution in [-0.4, -0.2) is 22.4 Å². The van der Waals surface area contributed by atoms with Crippen molar-refractivity contribution in [3.05, 3.63) is 71.5 Å². The Morgan fingerprint density at radius 1 is 1.11 bits per heavy atom. The summed E-state index contributed by atoms with van der Waals surface area (Å²) in [6, 6.07) is 16.5. The van der Waals surface area contributed by atoms with Gasteiger partial charge in [-0.05, 0) is 31.2 Å². The second-order valence-corrected chi connectivity index (χ2v) is 6.01. The number of hydrogen-bond donors (Lipinski definition) is 3. The van der Waals surface area contributed by atoms with Crippen LogP contribution < -0.4 is 21.5 Å². The molecule has 0 bridgehead atoms. The Balaban J connectivity index is 1.81. The first kappa shape index (κ1) is 18.5. The summed E-state index contributed by atoms with van der Waals surface area (Å²) in [5, 5.41) is 0.356. The number of anilines is 4. The number of rotatable bonds is 6. The number of nitrogen functional groups attached to an aromatic ring is 1. The van der Waals surface area contributed by atoms with Gasteiger partial charge in [0.25, 0.3) is 5.91 Å². The number of benzene rings is 2. The molecule has 2 aromatic carbocycles. The molecule has 27 heavy (non-hydrogen) atoms. The van der Waals surface area contributed by atoms with Crippen molar-refractivity contribution in [1.82, 2.24) is 15.4 Å². The van der Waals surface area contributed by atoms with Gasteiger partial charge in [-0.15, -0.1) is 0 Å². The van der Waals surface area contributed by atoms with Gasteiger partial charge in [0.05, 0.1) is 10.6 Å². The van der Waals surface area contributed by atoms with E-state index >= 15 is 0 Å². The maximum Gasteiger partial charge on any atom is 0.271 e. The average molecular weight is 383 g/mol. The van der Waals surface area contributed by atoms with E-state index in [2.05, 4.69) is 20.8 Å². The molecule has 0 aliphatic heterocycles. The molecule has 0 saturated carbocycles. The number of nitrogens with two attached hydrogens (primary N) is 1. The van der Waals surface area contributed by atoms with E-state index < -0.39 is 5.91 Å². The van der Waals surface area contributed by atoms with Crippen LogP contribution in [0.2, 0.25) is 5.02 Å². The lowest BCUT2D eigenvalue weighted by molar-refractivity contribution is 0.0962. The zero-order valence-corrected chi connectivity index (χ0v) is 15.4. The minimum Gasteiger partial charge on any atom is -0.393 e. The first-order chi connectivity index (χ1) is 13.1. The van der Waals surface area contributed by atoms with Gasteiger partial charge in [-0.2, -0.15) is 0 Å². The zero-order valence-electron chi connectivity index (χ0n) is 14.7. The predicted octanol–water partition coefficient (Wildman–Crippen LogP) is 3.63. The second kappa shape index (κ2) is 8.37. The van der Waals surface area contributed by atoms with Crippen molar-refractivity contribution in [3.8, 4) is 0 Å². The predicted molar refractivity (Wildman–Crippen MR) is 108 cm³/mol. The molecule has 0 aliphatic carbocycles. The molecule has 1 heterocycles. The Kier molecular flexibility index (Phi) is 5.73. The highest BCUT2D eigenvalue weighted by atomic mass is 35.5. The Morgan fingerprint density at radius 2 is 1.81 bits per heavy atom. The summed E-state index contributed by atoms with van der Waals surface area (Å²) in [7, 11) is 0. The molecule has 0 unspecified atom stereocenters. The fraction of sp³-hybridized carbons (Fsp3) is 0.105. The van der Waals surface area contributed by atoms with Crippen LogP contribution in [0.5, 0.6) is 0 Å². The Morgan fingerprint density at radius 3 is 2.52 bits per heavy atom. The monoisotopic (exact) mass is 382 g/mol. The number of amides is 1. The van der Waals surface area contributed by atoms with Gasteiger partial charge in [-0.25, -0.2) is 9.97 Å². The molecule has 4 N–H and O–H groups in total. The topological polar surface area (TPSA) is 96.2 Å². The first-order valence-electron chi connectivity index (χ1n) is 8.35. The standard InChI is InChI=1S/C19H19ClN6O/c1-2-26(13-8-4-3-5-9-13)18-16(21)17(22-12-23-18)24-25-19(27)14-10-6-7-11-15(14)20/h3-12H,2,21H2,1H3,(H,25,27)(H,22,23,24). The van der Waals surface area contributed by atoms with Crippen LogP contribution in [0, 0.1) is 0 Å². The van der Waals surface area contributed by atoms with Gasteiger partial charge >= 0.3 is 0 Å². The van der Waals surface area contributed by atoms with Gasteiger partial charge < -0.3 is 10.6 Å². The summed E-state index contributed by atoms with van der Waals surface area (Å²) in [6.07, 6.45) is 1.39. The summed E-state index contributed by atoms with van der Waals surface area (Å²) in [4.78, 5) is 22.7. The molecule has 8 heteroatoms. The van der Waals surface area contributed by atoms with E-state index in [4.69, 9.17) is 17.3 Å². The summed E-state index contributed by atoms with van der Waals surface area (Å²) in [5.74, 6) is 0.457. The average Bonchev–Trinajstić information content (AvgIpc) is 2.70. The van der Waals surface area contributed by atoms with E-state index in [1.54, 1.807) is 24.3 Å². The van der Waals surface area contributed by atoms with Crippen molar-refractivity contribution in [3.63, 3.8) is 0 Å². The van der Waals surface area contributed by atoms with E-state index in [-0.39, 0.29) is 0 Å². The normalized spacial score (nSPS) is 10.3. The molecule has 0 atom stereocenters. The quantitative estimate of drug-likeness (QED) is 0.563. The molecule has 0 spiro atoms. The Hall–Kier alpha value is -3.32. The number of para-hydroxylation sites is 1. The summed E-state index contributed by atoms with van der Waals surface area (Å²) >= 11 is 6.04. The lowest BCUT2D eigenvalue weighted by atomic mass is 10.2. The molecule has 0 aliphatic rings. The number of nitrogens with one attached hydrogen (secondary N) is 2. The smallest absolute Gasteiger partial charge is 0.271 e. The second-order valence-electron chi connectivity index (χ2n) is 5.60. The van der Waals surface area contributed by atoms with E-state index in [1.165, 1.54) is 6.33 Å². The molecule has 7 nitrogen and oxygen atoms in total. The van der Waals surface area contributed by atoms with E-state index in [1.807, 2.05) is 42.2 Å². The fourth-order valence-electron chi connectivity index (χ4n) is 2.59. The van der Waals surface area contributed by atoms with Crippen molar-refractivity contribution in [2.24, 2.45) is 0 Å². The highest BCUT2D eigenvalue weighted by Crippen LogP contribution is 2.31. The third-order valence-electron chi connectivity index (χ3n) is 3.92. The molecule has 1 aromatic heterocycles. The first-order valence-corrected chi connectivity index (χ1v) is 8.73. The van der Waals surface area contributed by atoms with E-state index in [0.29, 0.717) is 34.5 Å². The Labute approximate surface area is 162 Å². The largest absolute Gasteiger partial charge is 0.393 e. The van der Waals surface area contributed by atoms with Crippen LogP contribution in [0.25, 0.3) is 0 Å². The van der Waals surface area contributed by atoms with Crippen molar-refractivity contribution in [1.29, 1.82) is 0 Å². The highest BCUT2D eigenvalue weighted by molar-refractivity contribution is 6.33. The zero-order chi connectivity index (χ0) is 19.2. The van der Waals surface area contributed by atoms with Gasteiger partial charge in [0.15, 0.2) is 11.6 Å². The van der Waals surface area contributed by atoms with E-state index in [9.17, 15) is 4.79 Å². The molecule has 3 rings (SSSR count). The van der Waals surface area contributed by atoms with Crippen LogP contribution in [0.3, 0.4) is 0 Å². The molecular weight excluding hydrogens is 364 g/mol. The molecule has 0 radical (unpaired) electrons. The number of nitrogens with zero attached hydrogens (tertiary/aromatic N) is 3. The molecular formula is C19H19ClN6O. The Bertz CT molecular complexity index is 934. The van der Waals surface area contributed by atoms with Gasteiger partial charge in [0.1, 0.15) is 12.0 Å². The number of aromatic nitrogens is 2. The third-order valence-corrected chi connectivity index (χ3v) is 4.25. The van der Waals surface area contributed by atoms with Gasteiger partial charge in [0, 0.05) is 12.2 Å². The van der Waals surface area contributed by atoms with Crippen LogP contribution in [-0.2, 0) is 0 Å². The molecule has 138 valence electrons. The van der Waals surface area contributed by atoms with Crippen LogP contribution in [0.15, 0.2) is 60.9 Å². The van der Waals surface area contributed by atoms with Crippen LogP contribution >= 0.6 is 11.6 Å². The highest BCUT2D eigenvalue weighted by Gasteiger charge is 2.16. The third kappa shape index (κ3) is 4.09. The minimum absolute atomic E-state index is 0.301. The number of halogens is 1. The summed E-state index contributed by atoms with van der Waals surface area (Å²) in [5.41, 5.74) is 13.2. The molecule has 0 fully saturated rings. The van der Waals surface area contributed by atoms with Crippen molar-refractivity contribution in [2.45, 2.75) is 6.92 Å². The fourth-order valence-corrected chi connectivity index (χ4v) is 2.81. The maximum atomic E-state index is 12.3. The maximum absolute atomic E-state index is 12.3. The van der Waals surface area contributed by atoms with Crippen molar-refractivity contribution >= 4 is 40.5 Å². The number of hydrazine groups is 1. The van der Waals surface area contributed by atoms with Crippen LogP contribution in [0.1, 0.15) is 17.3 Å². The number of carbonyl (C=O) groups excluding carboxylic acids is 1. The summed E-state index contributed by atoms with van der Waals surface area (Å²) in [6.45, 7) is 2.66. The van der Waals surface area contributed by atoms with Gasteiger partial charge in [0.2, 0.25) is 0 Å².